The van der Waals surface area contributed by atoms with Crippen LogP contribution in [0, 0.1) is 0 Å². The number of rotatable bonds is 4. The fourth-order valence-electron chi connectivity index (χ4n) is 2.20. The zero-order valence-corrected chi connectivity index (χ0v) is 12.3. The standard InChI is InChI=1S/C15H21N3O2/c1-4-11-5-6-13-12(9-11)15(20)18(8-7-17(2)3)10-14(19)16-13/h5-6,9H,4,7-8,10H2,1-3H3,(H,16,19). The first kappa shape index (κ1) is 14.5. The van der Waals surface area contributed by atoms with Gasteiger partial charge in [-0.15, -0.1) is 0 Å². The molecule has 1 heterocycles. The van der Waals surface area contributed by atoms with Crippen LogP contribution >= 0.6 is 0 Å². The lowest BCUT2D eigenvalue weighted by atomic mass is 10.1. The van der Waals surface area contributed by atoms with E-state index in [0.717, 1.165) is 18.5 Å². The van der Waals surface area contributed by atoms with Crippen molar-refractivity contribution in [2.45, 2.75) is 13.3 Å². The molecule has 0 unspecified atom stereocenters. The first-order chi connectivity index (χ1) is 9.51. The molecule has 0 aliphatic carbocycles. The molecule has 2 amide bonds. The molecule has 1 aliphatic rings. The van der Waals surface area contributed by atoms with Crippen LogP contribution in [-0.4, -0.2) is 55.3 Å². The number of benzene rings is 1. The van der Waals surface area contributed by atoms with Crippen LogP contribution in [0.4, 0.5) is 5.69 Å². The minimum atomic E-state index is -0.139. The molecule has 0 bridgehead atoms. The minimum Gasteiger partial charge on any atom is -0.328 e. The maximum Gasteiger partial charge on any atom is 0.256 e. The van der Waals surface area contributed by atoms with Crippen LogP contribution in [0.2, 0.25) is 0 Å². The molecule has 1 aromatic carbocycles. The van der Waals surface area contributed by atoms with Crippen LogP contribution < -0.4 is 5.32 Å². The van der Waals surface area contributed by atoms with Gasteiger partial charge in [0.25, 0.3) is 5.91 Å². The highest BCUT2D eigenvalue weighted by Crippen LogP contribution is 2.22. The van der Waals surface area contributed by atoms with Crippen LogP contribution in [0.1, 0.15) is 22.8 Å². The number of nitrogens with zero attached hydrogens (tertiary/aromatic N) is 2. The van der Waals surface area contributed by atoms with E-state index in [1.807, 2.05) is 44.1 Å². The van der Waals surface area contributed by atoms with Crippen LogP contribution in [0.25, 0.3) is 0 Å². The molecule has 0 spiro atoms. The fraction of sp³-hybridized carbons (Fsp3) is 0.467. The highest BCUT2D eigenvalue weighted by molar-refractivity contribution is 6.08. The van der Waals surface area contributed by atoms with Crippen molar-refractivity contribution in [2.24, 2.45) is 0 Å². The highest BCUT2D eigenvalue weighted by atomic mass is 16.2. The predicted molar refractivity (Wildman–Crippen MR) is 78.9 cm³/mol. The molecule has 20 heavy (non-hydrogen) atoms. The van der Waals surface area contributed by atoms with E-state index in [-0.39, 0.29) is 18.4 Å². The summed E-state index contributed by atoms with van der Waals surface area (Å²) in [6.07, 6.45) is 0.867. The monoisotopic (exact) mass is 275 g/mol. The molecular formula is C15H21N3O2. The number of amides is 2. The third kappa shape index (κ3) is 3.17. The van der Waals surface area contributed by atoms with Gasteiger partial charge in [0.15, 0.2) is 0 Å². The molecule has 0 saturated carbocycles. The van der Waals surface area contributed by atoms with Gasteiger partial charge in [-0.2, -0.15) is 0 Å². The molecule has 1 aromatic rings. The van der Waals surface area contributed by atoms with E-state index in [2.05, 4.69) is 5.32 Å². The summed E-state index contributed by atoms with van der Waals surface area (Å²) >= 11 is 0. The molecular weight excluding hydrogens is 254 g/mol. The first-order valence-electron chi connectivity index (χ1n) is 6.88. The molecule has 0 saturated heterocycles. The SMILES string of the molecule is CCc1ccc2c(c1)C(=O)N(CCN(C)C)CC(=O)N2. The maximum atomic E-state index is 12.6. The Kier molecular flexibility index (Phi) is 4.39. The van der Waals surface area contributed by atoms with Gasteiger partial charge in [-0.1, -0.05) is 13.0 Å². The number of carbonyl (C=O) groups is 2. The molecule has 0 radical (unpaired) electrons. The van der Waals surface area contributed by atoms with E-state index in [9.17, 15) is 9.59 Å². The summed E-state index contributed by atoms with van der Waals surface area (Å²) in [5.41, 5.74) is 2.30. The van der Waals surface area contributed by atoms with Crippen LogP contribution in [0.5, 0.6) is 0 Å². The van der Waals surface area contributed by atoms with Gasteiger partial charge in [0.05, 0.1) is 11.3 Å². The van der Waals surface area contributed by atoms with Gasteiger partial charge in [0.1, 0.15) is 6.54 Å². The van der Waals surface area contributed by atoms with Crippen molar-refractivity contribution in [1.29, 1.82) is 0 Å². The maximum absolute atomic E-state index is 12.6. The highest BCUT2D eigenvalue weighted by Gasteiger charge is 2.26. The lowest BCUT2D eigenvalue weighted by molar-refractivity contribution is -0.116. The van der Waals surface area contributed by atoms with Gasteiger partial charge >= 0.3 is 0 Å². The summed E-state index contributed by atoms with van der Waals surface area (Å²) < 4.78 is 0. The summed E-state index contributed by atoms with van der Waals surface area (Å²) in [7, 11) is 3.90. The van der Waals surface area contributed by atoms with E-state index in [1.54, 1.807) is 4.90 Å². The molecule has 0 fully saturated rings. The van der Waals surface area contributed by atoms with Crippen molar-refractivity contribution in [3.63, 3.8) is 0 Å². The largest absolute Gasteiger partial charge is 0.328 e. The smallest absolute Gasteiger partial charge is 0.256 e. The average Bonchev–Trinajstić information content (AvgIpc) is 2.53. The lowest BCUT2D eigenvalue weighted by Crippen LogP contribution is -2.39. The predicted octanol–water partition coefficient (Wildman–Crippen LogP) is 1.20. The number of nitrogens with one attached hydrogen (secondary N) is 1. The van der Waals surface area contributed by atoms with Gasteiger partial charge in [-0.05, 0) is 38.2 Å². The van der Waals surface area contributed by atoms with Gasteiger partial charge in [0, 0.05) is 13.1 Å². The van der Waals surface area contributed by atoms with E-state index >= 15 is 0 Å². The topological polar surface area (TPSA) is 52.7 Å². The Morgan fingerprint density at radius 3 is 2.70 bits per heavy atom. The van der Waals surface area contributed by atoms with Gasteiger partial charge in [-0.25, -0.2) is 0 Å². The van der Waals surface area contributed by atoms with Gasteiger partial charge in [-0.3, -0.25) is 9.59 Å². The normalized spacial score (nSPS) is 15.1. The summed E-state index contributed by atoms with van der Waals surface area (Å²) in [4.78, 5) is 28.1. The van der Waals surface area contributed by atoms with E-state index in [4.69, 9.17) is 0 Å². The third-order valence-corrected chi connectivity index (χ3v) is 3.44. The summed E-state index contributed by atoms with van der Waals surface area (Å²) in [5, 5.41) is 2.81. The second-order valence-electron chi connectivity index (χ2n) is 5.31. The Labute approximate surface area is 119 Å². The zero-order chi connectivity index (χ0) is 14.7. The molecule has 0 aromatic heterocycles. The molecule has 2 rings (SSSR count). The number of hydrogen-bond acceptors (Lipinski definition) is 3. The quantitative estimate of drug-likeness (QED) is 0.898. The van der Waals surface area contributed by atoms with Crippen LogP contribution in [0.3, 0.4) is 0 Å². The van der Waals surface area contributed by atoms with Crippen LogP contribution in [0.15, 0.2) is 18.2 Å². The fourth-order valence-corrected chi connectivity index (χ4v) is 2.20. The number of hydrogen-bond donors (Lipinski definition) is 1. The van der Waals surface area contributed by atoms with E-state index in [1.165, 1.54) is 0 Å². The van der Waals surface area contributed by atoms with Gasteiger partial charge in [0.2, 0.25) is 5.91 Å². The number of anilines is 1. The van der Waals surface area contributed by atoms with Gasteiger partial charge < -0.3 is 15.1 Å². The molecule has 5 heteroatoms. The molecule has 1 aliphatic heterocycles. The van der Waals surface area contributed by atoms with Crippen molar-refractivity contribution in [3.8, 4) is 0 Å². The van der Waals surface area contributed by atoms with Crippen molar-refractivity contribution in [2.75, 3.05) is 39.0 Å². The van der Waals surface area contributed by atoms with Crippen molar-refractivity contribution in [3.05, 3.63) is 29.3 Å². The Balaban J connectivity index is 2.30. The van der Waals surface area contributed by atoms with E-state index < -0.39 is 0 Å². The third-order valence-electron chi connectivity index (χ3n) is 3.44. The first-order valence-corrected chi connectivity index (χ1v) is 6.88. The number of carbonyl (C=O) groups excluding carboxylic acids is 2. The number of likely N-dealkylation sites (N-methyl/N-ethyl adjacent to an activating group) is 1. The average molecular weight is 275 g/mol. The van der Waals surface area contributed by atoms with Crippen LogP contribution in [-0.2, 0) is 11.2 Å². The molecule has 1 N–H and O–H groups in total. The Morgan fingerprint density at radius 2 is 2.05 bits per heavy atom. The second-order valence-corrected chi connectivity index (χ2v) is 5.31. The Morgan fingerprint density at radius 1 is 1.30 bits per heavy atom. The molecule has 0 atom stereocenters. The Hall–Kier alpha value is -1.88. The second kappa shape index (κ2) is 6.05. The summed E-state index contributed by atoms with van der Waals surface area (Å²) in [5.74, 6) is -0.212. The molecule has 108 valence electrons. The van der Waals surface area contributed by atoms with E-state index in [0.29, 0.717) is 17.8 Å². The van der Waals surface area contributed by atoms with Crippen molar-refractivity contribution >= 4 is 17.5 Å². The summed E-state index contributed by atoms with van der Waals surface area (Å²) in [6, 6.07) is 5.65. The summed E-state index contributed by atoms with van der Waals surface area (Å²) in [6.45, 7) is 3.45. The number of aryl methyl sites for hydroxylation is 1. The van der Waals surface area contributed by atoms with Crippen molar-refractivity contribution in [1.82, 2.24) is 9.80 Å². The lowest BCUT2D eigenvalue weighted by Gasteiger charge is -2.21. The van der Waals surface area contributed by atoms with Crippen molar-refractivity contribution < 1.29 is 9.59 Å². The number of fused-ring (bicyclic) bond motifs is 1. The minimum absolute atomic E-state index is 0.0736. The molecule has 5 nitrogen and oxygen atoms in total. The Bertz CT molecular complexity index is 526. The zero-order valence-electron chi connectivity index (χ0n) is 12.3.